The summed E-state index contributed by atoms with van der Waals surface area (Å²) >= 11 is 0. The van der Waals surface area contributed by atoms with Crippen molar-refractivity contribution in [1.29, 1.82) is 0 Å². The van der Waals surface area contributed by atoms with E-state index in [0.29, 0.717) is 44.3 Å². The number of rotatable bonds is 23. The molecule has 61 heavy (non-hydrogen) atoms. The average molecular weight is 848 g/mol. The molecule has 10 atom stereocenters. The molecule has 16 nitrogen and oxygen atoms in total. The van der Waals surface area contributed by atoms with Crippen LogP contribution in [0.1, 0.15) is 97.1 Å². The fourth-order valence-electron chi connectivity index (χ4n) is 9.06. The Bertz CT molecular complexity index is 1790. The number of aliphatic hydroxyl groups is 1. The molecule has 14 N–H and O–H groups in total. The van der Waals surface area contributed by atoms with Gasteiger partial charge in [-0.25, -0.2) is 0 Å². The highest BCUT2D eigenvalue weighted by Gasteiger charge is 2.68. The molecule has 1 unspecified atom stereocenters. The van der Waals surface area contributed by atoms with E-state index in [-0.39, 0.29) is 24.4 Å². The largest absolute Gasteiger partial charge is 0.497 e. The van der Waals surface area contributed by atoms with Crippen molar-refractivity contribution in [3.63, 3.8) is 0 Å². The molecule has 4 amide bonds. The number of nitrogens with two attached hydrogens (primary N) is 4. The van der Waals surface area contributed by atoms with Crippen molar-refractivity contribution in [3.8, 4) is 11.1 Å². The smallest absolute Gasteiger partial charge is 0.403 e. The van der Waals surface area contributed by atoms with Gasteiger partial charge in [-0.2, -0.15) is 0 Å². The molecular formula is C44H70BN9O7. The lowest BCUT2D eigenvalue weighted by molar-refractivity contribution is -0.199. The maximum absolute atomic E-state index is 13.5. The lowest BCUT2D eigenvalue weighted by Gasteiger charge is -2.64. The number of hydrogen-bond donors (Lipinski definition) is 10. The number of carbonyl (C=O) groups is 4. The second-order valence-corrected chi connectivity index (χ2v) is 18.0. The molecule has 1 aliphatic heterocycles. The minimum Gasteiger partial charge on any atom is -0.403 e. The standard InChI is InChI=1S/C44H70BN9O7/c1-6-7-10-27-12-16-29(17-13-27)30-18-14-28(15-19-30)25-50-22-20-32(47)38(56)52-36(26(2)55)40(58)53-37(48)41(59)51-33(11-8-9-21-46)39(57)54-42(49)45-60-35-24-31-23-34(43(31,3)4)44(35,5)61-45/h12-19,26,31-37,42,50,55H,6-11,20-25,46-49H2,1-5H3,(H,51,59)(H,52,56)(H,53,58)(H,54,57)/t26-,31+,32+,33+,34+,35?,36+,37-,42-,44+/m1/s1. The summed E-state index contributed by atoms with van der Waals surface area (Å²) in [4.78, 5) is 53.0. The van der Waals surface area contributed by atoms with Crippen LogP contribution in [0.4, 0.5) is 0 Å². The van der Waals surface area contributed by atoms with E-state index in [1.54, 1.807) is 0 Å². The van der Waals surface area contributed by atoms with Crippen LogP contribution >= 0.6 is 0 Å². The van der Waals surface area contributed by atoms with Crippen molar-refractivity contribution in [3.05, 3.63) is 59.7 Å². The van der Waals surface area contributed by atoms with Gasteiger partial charge in [0.05, 0.1) is 23.9 Å². The minimum absolute atomic E-state index is 0.131. The zero-order chi connectivity index (χ0) is 44.5. The Morgan fingerprint density at radius 1 is 0.820 bits per heavy atom. The maximum atomic E-state index is 13.5. The predicted molar refractivity (Wildman–Crippen MR) is 236 cm³/mol. The second kappa shape index (κ2) is 21.4. The number of unbranched alkanes of at least 4 members (excludes halogenated alkanes) is 2. The van der Waals surface area contributed by atoms with Crippen LogP contribution in [0.25, 0.3) is 11.1 Å². The Morgan fingerprint density at radius 3 is 2.08 bits per heavy atom. The fraction of sp³-hybridized carbons (Fsp3) is 0.636. The summed E-state index contributed by atoms with van der Waals surface area (Å²) in [5, 5.41) is 23.8. The van der Waals surface area contributed by atoms with E-state index in [2.05, 4.69) is 103 Å². The highest BCUT2D eigenvalue weighted by Crippen LogP contribution is 2.65. The summed E-state index contributed by atoms with van der Waals surface area (Å²) in [6, 6.07) is 12.4. The van der Waals surface area contributed by atoms with Crippen molar-refractivity contribution in [2.24, 2.45) is 40.2 Å². The summed E-state index contributed by atoms with van der Waals surface area (Å²) in [5.74, 6) is -2.18. The van der Waals surface area contributed by atoms with Gasteiger partial charge in [-0.15, -0.1) is 0 Å². The molecule has 2 bridgehead atoms. The zero-order valence-electron chi connectivity index (χ0n) is 36.6. The minimum atomic E-state index is -1.63. The number of benzene rings is 2. The molecule has 336 valence electrons. The normalized spacial score (nSPS) is 24.2. The first-order valence-corrected chi connectivity index (χ1v) is 22.1. The summed E-state index contributed by atoms with van der Waals surface area (Å²) in [7, 11) is -0.874. The van der Waals surface area contributed by atoms with Crippen LogP contribution in [-0.2, 0) is 41.5 Å². The highest BCUT2D eigenvalue weighted by atomic mass is 16.7. The van der Waals surface area contributed by atoms with E-state index in [1.807, 2.05) is 0 Å². The van der Waals surface area contributed by atoms with E-state index in [9.17, 15) is 24.3 Å². The SMILES string of the molecule is CCCCc1ccc(-c2ccc(CNCC[C@H](N)C(=O)N[C@H](C(=O)N[C@@H](N)C(=O)N[C@@H](CCCCN)C(=O)N[C@@H](N)B3OC4C[C@@H]5C[C@@H](C5(C)C)[C@]4(C)O3)[C@@H](C)O)cc2)cc1. The third-order valence-corrected chi connectivity index (χ3v) is 13.2. The van der Waals surface area contributed by atoms with E-state index >= 15 is 0 Å². The van der Waals surface area contributed by atoms with Gasteiger partial charge in [-0.3, -0.25) is 19.2 Å². The third kappa shape index (κ3) is 12.0. The van der Waals surface area contributed by atoms with Crippen molar-refractivity contribution in [2.75, 3.05) is 13.1 Å². The molecule has 3 aliphatic carbocycles. The second-order valence-electron chi connectivity index (χ2n) is 18.0. The van der Waals surface area contributed by atoms with Crippen LogP contribution in [-0.4, -0.2) is 97.1 Å². The van der Waals surface area contributed by atoms with Crippen LogP contribution in [0.3, 0.4) is 0 Å². The van der Waals surface area contributed by atoms with Gasteiger partial charge in [0.15, 0.2) is 6.17 Å². The third-order valence-electron chi connectivity index (χ3n) is 13.2. The Hall–Kier alpha value is -3.94. The first kappa shape index (κ1) is 48.1. The average Bonchev–Trinajstić information content (AvgIpc) is 3.60. The number of amides is 4. The van der Waals surface area contributed by atoms with Crippen molar-refractivity contribution >= 4 is 30.7 Å². The number of aryl methyl sites for hydroxylation is 1. The van der Waals surface area contributed by atoms with Gasteiger partial charge in [0, 0.05) is 6.54 Å². The van der Waals surface area contributed by atoms with Gasteiger partial charge in [0.25, 0.3) is 5.91 Å². The van der Waals surface area contributed by atoms with Crippen molar-refractivity contribution < 1.29 is 33.6 Å². The number of aliphatic hydroxyl groups excluding tert-OH is 1. The van der Waals surface area contributed by atoms with Gasteiger partial charge in [-0.1, -0.05) is 75.7 Å². The monoisotopic (exact) mass is 848 g/mol. The van der Waals surface area contributed by atoms with Gasteiger partial charge in [0.1, 0.15) is 18.1 Å². The quantitative estimate of drug-likeness (QED) is 0.0428. The van der Waals surface area contributed by atoms with Gasteiger partial charge in [0.2, 0.25) is 17.7 Å². The molecule has 1 saturated heterocycles. The van der Waals surface area contributed by atoms with Gasteiger partial charge in [-0.05, 0) is 118 Å². The molecule has 6 rings (SSSR count). The van der Waals surface area contributed by atoms with Crippen molar-refractivity contribution in [2.45, 2.75) is 147 Å². The lowest BCUT2D eigenvalue weighted by Crippen LogP contribution is -2.65. The topological polar surface area (TPSA) is 271 Å². The van der Waals surface area contributed by atoms with E-state index in [1.165, 1.54) is 25.3 Å². The van der Waals surface area contributed by atoms with E-state index in [4.69, 9.17) is 32.2 Å². The number of hydrogen-bond acceptors (Lipinski definition) is 12. The summed E-state index contributed by atoms with van der Waals surface area (Å²) in [6.45, 7) is 11.4. The first-order valence-electron chi connectivity index (χ1n) is 22.1. The van der Waals surface area contributed by atoms with Crippen molar-refractivity contribution in [1.82, 2.24) is 26.6 Å². The van der Waals surface area contributed by atoms with Crippen LogP contribution in [0.2, 0.25) is 0 Å². The Labute approximate surface area is 361 Å². The lowest BCUT2D eigenvalue weighted by atomic mass is 9.43. The van der Waals surface area contributed by atoms with Gasteiger partial charge >= 0.3 is 7.12 Å². The maximum Gasteiger partial charge on any atom is 0.497 e. The first-order chi connectivity index (χ1) is 29.0. The molecule has 3 saturated carbocycles. The molecule has 4 aliphatic rings. The Balaban J connectivity index is 1.05. The Morgan fingerprint density at radius 2 is 1.48 bits per heavy atom. The number of carbonyl (C=O) groups excluding carboxylic acids is 4. The molecular weight excluding hydrogens is 777 g/mol. The molecule has 1 heterocycles. The summed E-state index contributed by atoms with van der Waals surface area (Å²) in [6.07, 6.45) is 3.80. The fourth-order valence-corrected chi connectivity index (χ4v) is 9.06. The molecule has 0 aromatic heterocycles. The molecule has 17 heteroatoms. The molecule has 4 fully saturated rings. The van der Waals surface area contributed by atoms with Crippen LogP contribution in [0.15, 0.2) is 48.5 Å². The molecule has 0 spiro atoms. The van der Waals surface area contributed by atoms with E-state index in [0.717, 1.165) is 36.0 Å². The summed E-state index contributed by atoms with van der Waals surface area (Å²) in [5.41, 5.74) is 28.6. The Kier molecular flexibility index (Phi) is 16.9. The van der Waals surface area contributed by atoms with Crippen LogP contribution in [0.5, 0.6) is 0 Å². The molecule has 2 aromatic carbocycles. The van der Waals surface area contributed by atoms with E-state index < -0.39 is 72.8 Å². The van der Waals surface area contributed by atoms with Gasteiger partial charge < -0.3 is 63.9 Å². The molecule has 2 aromatic rings. The number of nitrogens with one attached hydrogen (secondary N) is 5. The highest BCUT2D eigenvalue weighted by molar-refractivity contribution is 6.47. The van der Waals surface area contributed by atoms with Crippen LogP contribution in [0, 0.1) is 17.3 Å². The molecule has 0 radical (unpaired) electrons. The zero-order valence-corrected chi connectivity index (χ0v) is 36.6. The summed E-state index contributed by atoms with van der Waals surface area (Å²) < 4.78 is 12.6. The predicted octanol–water partition coefficient (Wildman–Crippen LogP) is 1.05. The van der Waals surface area contributed by atoms with Crippen LogP contribution < -0.4 is 49.5 Å².